The van der Waals surface area contributed by atoms with Crippen molar-refractivity contribution >= 4 is 5.91 Å². The molecule has 3 aliphatic rings. The van der Waals surface area contributed by atoms with E-state index in [1.807, 2.05) is 0 Å². The smallest absolute Gasteiger partial charge is 0.226 e. The van der Waals surface area contributed by atoms with E-state index in [4.69, 9.17) is 0 Å². The average molecular weight is 263 g/mol. The van der Waals surface area contributed by atoms with Crippen LogP contribution >= 0.6 is 0 Å². The van der Waals surface area contributed by atoms with Crippen molar-refractivity contribution in [3.8, 4) is 0 Å². The molecule has 2 atom stereocenters. The van der Waals surface area contributed by atoms with Crippen LogP contribution in [0.1, 0.15) is 65.2 Å². The third kappa shape index (κ3) is 2.32. The number of carbonyl (C=O) groups is 1. The van der Waals surface area contributed by atoms with E-state index in [1.54, 1.807) is 0 Å². The topological polar surface area (TPSA) is 20.3 Å². The molecule has 0 N–H and O–H groups in total. The van der Waals surface area contributed by atoms with Crippen molar-refractivity contribution < 1.29 is 4.79 Å². The Morgan fingerprint density at radius 2 is 1.58 bits per heavy atom. The minimum atomic E-state index is 0.429. The molecule has 0 unspecified atom stereocenters. The van der Waals surface area contributed by atoms with Gasteiger partial charge in [0.15, 0.2) is 0 Å². The van der Waals surface area contributed by atoms with Gasteiger partial charge >= 0.3 is 0 Å². The summed E-state index contributed by atoms with van der Waals surface area (Å²) in [4.78, 5) is 14.8. The number of amides is 1. The van der Waals surface area contributed by atoms with E-state index >= 15 is 0 Å². The lowest BCUT2D eigenvalue weighted by Crippen LogP contribution is -2.43. The number of nitrogens with zero attached hydrogens (tertiary/aromatic N) is 1. The van der Waals surface area contributed by atoms with Crippen LogP contribution in [0.3, 0.4) is 0 Å². The predicted octanol–water partition coefficient (Wildman–Crippen LogP) is 3.85. The second kappa shape index (κ2) is 5.10. The molecule has 2 saturated carbocycles. The van der Waals surface area contributed by atoms with E-state index in [2.05, 4.69) is 18.7 Å². The fraction of sp³-hybridized carbons (Fsp3) is 0.941. The first kappa shape index (κ1) is 13.5. The molecule has 1 amide bonds. The summed E-state index contributed by atoms with van der Waals surface area (Å²) in [5, 5.41) is 0. The summed E-state index contributed by atoms with van der Waals surface area (Å²) < 4.78 is 0. The highest BCUT2D eigenvalue weighted by atomic mass is 16.2. The summed E-state index contributed by atoms with van der Waals surface area (Å²) >= 11 is 0. The highest BCUT2D eigenvalue weighted by Gasteiger charge is 2.56. The van der Waals surface area contributed by atoms with Gasteiger partial charge in [0.1, 0.15) is 0 Å². The maximum atomic E-state index is 12.6. The standard InChI is InChI=1S/C17H29NO/c1-3-17(4-2)9-11-18(12-10-17)16(19)15-13-7-5-6-8-14(13)15/h13-15H,3-12H2,1-2H3/t13-,14-/m0/s1. The van der Waals surface area contributed by atoms with Crippen LogP contribution in [0, 0.1) is 23.2 Å². The second-order valence-electron chi connectivity index (χ2n) is 7.17. The Bertz CT molecular complexity index is 325. The highest BCUT2D eigenvalue weighted by molar-refractivity contribution is 5.82. The number of carbonyl (C=O) groups excluding carboxylic acids is 1. The maximum Gasteiger partial charge on any atom is 0.226 e. The fourth-order valence-corrected chi connectivity index (χ4v) is 4.73. The molecule has 0 radical (unpaired) electrons. The van der Waals surface area contributed by atoms with Gasteiger partial charge in [-0.3, -0.25) is 4.79 Å². The van der Waals surface area contributed by atoms with Crippen LogP contribution in [0.15, 0.2) is 0 Å². The molecule has 19 heavy (non-hydrogen) atoms. The number of fused-ring (bicyclic) bond motifs is 1. The van der Waals surface area contributed by atoms with Crippen molar-refractivity contribution in [1.82, 2.24) is 4.90 Å². The highest BCUT2D eigenvalue weighted by Crippen LogP contribution is 2.56. The van der Waals surface area contributed by atoms with E-state index < -0.39 is 0 Å². The van der Waals surface area contributed by atoms with Crippen LogP contribution < -0.4 is 0 Å². The summed E-state index contributed by atoms with van der Waals surface area (Å²) in [6, 6.07) is 0. The van der Waals surface area contributed by atoms with Gasteiger partial charge in [0.05, 0.1) is 0 Å². The zero-order valence-electron chi connectivity index (χ0n) is 12.7. The minimum Gasteiger partial charge on any atom is -0.342 e. The molecule has 108 valence electrons. The van der Waals surface area contributed by atoms with Crippen molar-refractivity contribution in [1.29, 1.82) is 0 Å². The lowest BCUT2D eigenvalue weighted by atomic mass is 9.74. The molecule has 0 aromatic carbocycles. The van der Waals surface area contributed by atoms with Crippen LogP contribution in [0.5, 0.6) is 0 Å². The summed E-state index contributed by atoms with van der Waals surface area (Å²) in [7, 11) is 0. The van der Waals surface area contributed by atoms with Gasteiger partial charge in [-0.15, -0.1) is 0 Å². The zero-order valence-corrected chi connectivity index (χ0v) is 12.7. The van der Waals surface area contributed by atoms with E-state index in [0.29, 0.717) is 17.2 Å². The van der Waals surface area contributed by atoms with Crippen LogP contribution in [0.25, 0.3) is 0 Å². The number of rotatable bonds is 3. The molecule has 2 nitrogen and oxygen atoms in total. The van der Waals surface area contributed by atoms with Gasteiger partial charge in [-0.25, -0.2) is 0 Å². The normalized spacial score (nSPS) is 36.7. The fourth-order valence-electron chi connectivity index (χ4n) is 4.73. The molecular weight excluding hydrogens is 234 g/mol. The van der Waals surface area contributed by atoms with E-state index in [-0.39, 0.29) is 0 Å². The van der Waals surface area contributed by atoms with Gasteiger partial charge in [0.25, 0.3) is 0 Å². The molecule has 1 heterocycles. The molecule has 3 rings (SSSR count). The largest absolute Gasteiger partial charge is 0.342 e. The Labute approximate surface area is 117 Å². The van der Waals surface area contributed by atoms with Crippen molar-refractivity contribution in [3.63, 3.8) is 0 Å². The van der Waals surface area contributed by atoms with Gasteiger partial charge in [-0.1, -0.05) is 39.5 Å². The molecule has 0 spiro atoms. The lowest BCUT2D eigenvalue weighted by Gasteiger charge is -2.41. The van der Waals surface area contributed by atoms with Gasteiger partial charge in [-0.05, 0) is 42.9 Å². The van der Waals surface area contributed by atoms with Gasteiger partial charge in [0.2, 0.25) is 5.91 Å². The van der Waals surface area contributed by atoms with Crippen molar-refractivity contribution in [2.45, 2.75) is 65.2 Å². The molecule has 0 aromatic rings. The number of likely N-dealkylation sites (tertiary alicyclic amines) is 1. The third-order valence-corrected chi connectivity index (χ3v) is 6.58. The number of hydrogen-bond donors (Lipinski definition) is 0. The van der Waals surface area contributed by atoms with Gasteiger partial charge < -0.3 is 4.90 Å². The molecule has 0 bridgehead atoms. The van der Waals surface area contributed by atoms with Crippen molar-refractivity contribution in [2.75, 3.05) is 13.1 Å². The molecule has 2 heteroatoms. The molecule has 3 fully saturated rings. The van der Waals surface area contributed by atoms with Crippen molar-refractivity contribution in [3.05, 3.63) is 0 Å². The molecule has 2 aliphatic carbocycles. The minimum absolute atomic E-state index is 0.429. The molecule has 1 saturated heterocycles. The first-order valence-electron chi connectivity index (χ1n) is 8.49. The summed E-state index contributed by atoms with van der Waals surface area (Å²) in [5.41, 5.74) is 0.535. The Hall–Kier alpha value is -0.530. The van der Waals surface area contributed by atoms with Crippen LogP contribution in [0.4, 0.5) is 0 Å². The average Bonchev–Trinajstić information content (AvgIpc) is 3.21. The van der Waals surface area contributed by atoms with Gasteiger partial charge in [-0.2, -0.15) is 0 Å². The second-order valence-corrected chi connectivity index (χ2v) is 7.17. The predicted molar refractivity (Wildman–Crippen MR) is 77.8 cm³/mol. The van der Waals surface area contributed by atoms with E-state index in [0.717, 1.165) is 24.9 Å². The van der Waals surface area contributed by atoms with Gasteiger partial charge in [0, 0.05) is 19.0 Å². The zero-order chi connectivity index (χ0) is 13.5. The Morgan fingerprint density at radius 1 is 1.05 bits per heavy atom. The van der Waals surface area contributed by atoms with Crippen LogP contribution in [0.2, 0.25) is 0 Å². The summed E-state index contributed by atoms with van der Waals surface area (Å²) in [6.45, 7) is 6.68. The van der Waals surface area contributed by atoms with Crippen LogP contribution in [-0.4, -0.2) is 23.9 Å². The van der Waals surface area contributed by atoms with E-state index in [9.17, 15) is 4.79 Å². The molecular formula is C17H29NO. The first-order chi connectivity index (χ1) is 9.21. The quantitative estimate of drug-likeness (QED) is 0.757. The monoisotopic (exact) mass is 263 g/mol. The SMILES string of the molecule is CCC1(CC)CCN(C(=O)C2[C@H]3CCCC[C@H]23)CC1. The van der Waals surface area contributed by atoms with E-state index in [1.165, 1.54) is 51.4 Å². The molecule has 1 aliphatic heterocycles. The summed E-state index contributed by atoms with van der Waals surface area (Å²) in [5.74, 6) is 2.48. The number of hydrogen-bond acceptors (Lipinski definition) is 1. The molecule has 0 aromatic heterocycles. The Kier molecular flexibility index (Phi) is 3.61. The Balaban J connectivity index is 1.56. The first-order valence-corrected chi connectivity index (χ1v) is 8.49. The van der Waals surface area contributed by atoms with Crippen molar-refractivity contribution in [2.24, 2.45) is 23.2 Å². The lowest BCUT2D eigenvalue weighted by molar-refractivity contribution is -0.135. The maximum absolute atomic E-state index is 12.6. The Morgan fingerprint density at radius 3 is 2.05 bits per heavy atom. The third-order valence-electron chi connectivity index (χ3n) is 6.58. The number of piperidine rings is 1. The summed E-state index contributed by atoms with van der Waals surface area (Å²) in [6.07, 6.45) is 10.4. The van der Waals surface area contributed by atoms with Crippen LogP contribution in [-0.2, 0) is 4.79 Å².